The van der Waals surface area contributed by atoms with Gasteiger partial charge in [0.25, 0.3) is 0 Å². The summed E-state index contributed by atoms with van der Waals surface area (Å²) in [6, 6.07) is 0. The summed E-state index contributed by atoms with van der Waals surface area (Å²) in [7, 11) is 0. The second kappa shape index (κ2) is 6.48. The van der Waals surface area contributed by atoms with Gasteiger partial charge in [-0.2, -0.15) is 39.5 Å². The Hall–Kier alpha value is -0.890. The molecular weight excluding hydrogens is 315 g/mol. The van der Waals surface area contributed by atoms with Gasteiger partial charge in [-0.25, -0.2) is 0 Å². The van der Waals surface area contributed by atoms with Gasteiger partial charge in [-0.1, -0.05) is 25.8 Å². The monoisotopic (exact) mass is 330 g/mol. The van der Waals surface area contributed by atoms with Crippen molar-refractivity contribution < 1.29 is 39.5 Å². The van der Waals surface area contributed by atoms with E-state index in [1.54, 1.807) is 6.92 Å². The SMILES string of the molecule is CCCCCC=C(C)C(F)(F)C(F)(F)C(F)(F)C(F)(F)F. The van der Waals surface area contributed by atoms with Crippen LogP contribution in [-0.4, -0.2) is 23.9 Å². The average molecular weight is 330 g/mol. The predicted octanol–water partition coefficient (Wildman–Crippen LogP) is 5.98. The fraction of sp³-hybridized carbons (Fsp3) is 0.833. The fourth-order valence-corrected chi connectivity index (χ4v) is 1.46. The molecule has 0 atom stereocenters. The lowest BCUT2D eigenvalue weighted by molar-refractivity contribution is -0.389. The van der Waals surface area contributed by atoms with E-state index in [0.29, 0.717) is 32.3 Å². The van der Waals surface area contributed by atoms with Gasteiger partial charge in [-0.3, -0.25) is 0 Å². The van der Waals surface area contributed by atoms with Crippen molar-refractivity contribution in [2.75, 3.05) is 0 Å². The minimum Gasteiger partial charge on any atom is -0.194 e. The number of rotatable bonds is 7. The van der Waals surface area contributed by atoms with Crippen LogP contribution in [0.15, 0.2) is 11.6 Å². The van der Waals surface area contributed by atoms with Crippen LogP contribution in [0.1, 0.15) is 39.5 Å². The quantitative estimate of drug-likeness (QED) is 0.306. The van der Waals surface area contributed by atoms with E-state index >= 15 is 0 Å². The van der Waals surface area contributed by atoms with Crippen molar-refractivity contribution in [2.24, 2.45) is 0 Å². The molecule has 0 saturated carbocycles. The molecule has 0 radical (unpaired) electrons. The molecule has 0 nitrogen and oxygen atoms in total. The zero-order chi connectivity index (χ0) is 17.1. The van der Waals surface area contributed by atoms with E-state index < -0.39 is 29.5 Å². The van der Waals surface area contributed by atoms with Crippen LogP contribution in [0.25, 0.3) is 0 Å². The highest BCUT2D eigenvalue weighted by atomic mass is 19.4. The molecule has 0 aromatic carbocycles. The minimum absolute atomic E-state index is 0.108. The molecule has 0 bridgehead atoms. The fourth-order valence-electron chi connectivity index (χ4n) is 1.46. The molecule has 0 aliphatic rings. The number of unbranched alkanes of at least 4 members (excludes halogenated alkanes) is 3. The Balaban J connectivity index is 5.37. The molecule has 126 valence electrons. The molecule has 0 aliphatic heterocycles. The smallest absolute Gasteiger partial charge is 0.194 e. The number of allylic oxidation sites excluding steroid dienone is 2. The first kappa shape index (κ1) is 20.1. The van der Waals surface area contributed by atoms with Crippen LogP contribution in [0.5, 0.6) is 0 Å². The average Bonchev–Trinajstić information content (AvgIpc) is 2.32. The van der Waals surface area contributed by atoms with E-state index in [9.17, 15) is 39.5 Å². The van der Waals surface area contributed by atoms with Gasteiger partial charge in [0.05, 0.1) is 0 Å². The molecule has 0 amide bonds. The first-order valence-corrected chi connectivity index (χ1v) is 6.10. The van der Waals surface area contributed by atoms with Crippen LogP contribution in [-0.2, 0) is 0 Å². The largest absolute Gasteiger partial charge is 0.460 e. The zero-order valence-corrected chi connectivity index (χ0v) is 11.3. The van der Waals surface area contributed by atoms with Gasteiger partial charge in [-0.15, -0.1) is 0 Å². The molecule has 0 aromatic heterocycles. The molecule has 0 rings (SSSR count). The number of alkyl halides is 9. The maximum atomic E-state index is 13.3. The Bertz CT molecular complexity index is 365. The molecule has 21 heavy (non-hydrogen) atoms. The van der Waals surface area contributed by atoms with Gasteiger partial charge in [0.15, 0.2) is 0 Å². The van der Waals surface area contributed by atoms with Crippen molar-refractivity contribution in [2.45, 2.75) is 63.5 Å². The van der Waals surface area contributed by atoms with E-state index in [1.165, 1.54) is 0 Å². The number of hydrogen-bond donors (Lipinski definition) is 0. The molecule has 0 aliphatic carbocycles. The van der Waals surface area contributed by atoms with Crippen LogP contribution in [0.3, 0.4) is 0 Å². The third kappa shape index (κ3) is 3.85. The van der Waals surface area contributed by atoms with Gasteiger partial charge < -0.3 is 0 Å². The van der Waals surface area contributed by atoms with Gasteiger partial charge in [-0.05, 0) is 25.3 Å². The second-order valence-corrected chi connectivity index (χ2v) is 4.60. The lowest BCUT2D eigenvalue weighted by Crippen LogP contribution is -2.61. The summed E-state index contributed by atoms with van der Waals surface area (Å²) in [6.07, 6.45) is -4.69. The van der Waals surface area contributed by atoms with Crippen molar-refractivity contribution in [1.29, 1.82) is 0 Å². The summed E-state index contributed by atoms with van der Waals surface area (Å²) >= 11 is 0. The lowest BCUT2D eigenvalue weighted by atomic mass is 9.96. The van der Waals surface area contributed by atoms with Gasteiger partial charge in [0, 0.05) is 0 Å². The summed E-state index contributed by atoms with van der Waals surface area (Å²) in [6.45, 7) is 2.19. The maximum absolute atomic E-state index is 13.3. The molecular formula is C12H15F9. The molecule has 0 spiro atoms. The highest BCUT2D eigenvalue weighted by Gasteiger charge is 2.81. The third-order valence-corrected chi connectivity index (χ3v) is 2.90. The van der Waals surface area contributed by atoms with Crippen molar-refractivity contribution in [3.05, 3.63) is 11.6 Å². The molecule has 0 N–H and O–H groups in total. The highest BCUT2D eigenvalue weighted by Crippen LogP contribution is 2.55. The van der Waals surface area contributed by atoms with Crippen LogP contribution in [0, 0.1) is 0 Å². The van der Waals surface area contributed by atoms with Crippen molar-refractivity contribution in [3.8, 4) is 0 Å². The Morgan fingerprint density at radius 3 is 1.67 bits per heavy atom. The highest BCUT2D eigenvalue weighted by molar-refractivity contribution is 5.18. The number of halogens is 9. The van der Waals surface area contributed by atoms with Crippen molar-refractivity contribution >= 4 is 0 Å². The Morgan fingerprint density at radius 1 is 0.810 bits per heavy atom. The Kier molecular flexibility index (Phi) is 6.20. The summed E-state index contributed by atoms with van der Waals surface area (Å²) in [5, 5.41) is 0. The minimum atomic E-state index is -6.83. The first-order chi connectivity index (χ1) is 9.23. The van der Waals surface area contributed by atoms with Gasteiger partial charge in [0.1, 0.15) is 0 Å². The Labute approximate surface area is 116 Å². The zero-order valence-electron chi connectivity index (χ0n) is 11.3. The maximum Gasteiger partial charge on any atom is 0.460 e. The number of hydrogen-bond acceptors (Lipinski definition) is 0. The third-order valence-electron chi connectivity index (χ3n) is 2.90. The first-order valence-electron chi connectivity index (χ1n) is 6.10. The van der Waals surface area contributed by atoms with Crippen LogP contribution >= 0.6 is 0 Å². The normalized spacial score (nSPS) is 15.5. The second-order valence-electron chi connectivity index (χ2n) is 4.60. The Morgan fingerprint density at radius 2 is 1.29 bits per heavy atom. The predicted molar refractivity (Wildman–Crippen MR) is 58.8 cm³/mol. The van der Waals surface area contributed by atoms with E-state index in [1.807, 2.05) is 0 Å². The summed E-state index contributed by atoms with van der Waals surface area (Å²) < 4.78 is 114. The molecule has 9 heteroatoms. The van der Waals surface area contributed by atoms with Gasteiger partial charge in [0.2, 0.25) is 0 Å². The standard InChI is InChI=1S/C12H15F9/c1-3-4-5-6-7-8(2)9(13,14)10(15,16)11(17,18)12(19,20)21/h7H,3-6H2,1-2H3. The van der Waals surface area contributed by atoms with Crippen LogP contribution in [0.2, 0.25) is 0 Å². The summed E-state index contributed by atoms with van der Waals surface area (Å²) in [4.78, 5) is 0. The topological polar surface area (TPSA) is 0 Å². The molecule has 0 unspecified atom stereocenters. The molecule has 0 saturated heterocycles. The summed E-state index contributed by atoms with van der Waals surface area (Å²) in [5.74, 6) is -19.0. The van der Waals surface area contributed by atoms with Crippen LogP contribution < -0.4 is 0 Å². The van der Waals surface area contributed by atoms with E-state index in [4.69, 9.17) is 0 Å². The van der Waals surface area contributed by atoms with E-state index in [2.05, 4.69) is 0 Å². The van der Waals surface area contributed by atoms with E-state index in [-0.39, 0.29) is 6.42 Å². The van der Waals surface area contributed by atoms with E-state index in [0.717, 1.165) is 0 Å². The van der Waals surface area contributed by atoms with Crippen molar-refractivity contribution in [1.82, 2.24) is 0 Å². The molecule has 0 heterocycles. The molecule has 0 aromatic rings. The van der Waals surface area contributed by atoms with Crippen molar-refractivity contribution in [3.63, 3.8) is 0 Å². The van der Waals surface area contributed by atoms with Crippen LogP contribution in [0.4, 0.5) is 39.5 Å². The summed E-state index contributed by atoms with van der Waals surface area (Å²) in [5.41, 5.74) is -1.51. The van der Waals surface area contributed by atoms with Gasteiger partial charge >= 0.3 is 23.9 Å². The lowest BCUT2D eigenvalue weighted by Gasteiger charge is -2.34. The molecule has 0 fully saturated rings.